The minimum atomic E-state index is -0.0216. The number of likely N-dealkylation sites (tertiary alicyclic amines) is 1. The molecule has 0 spiro atoms. The highest BCUT2D eigenvalue weighted by molar-refractivity contribution is 5.94. The molecule has 8 nitrogen and oxygen atoms in total. The van der Waals surface area contributed by atoms with Crippen molar-refractivity contribution in [1.82, 2.24) is 20.0 Å². The van der Waals surface area contributed by atoms with Gasteiger partial charge in [-0.3, -0.25) is 9.78 Å². The molecule has 1 aromatic carbocycles. The van der Waals surface area contributed by atoms with Gasteiger partial charge in [-0.05, 0) is 43.3 Å². The first kappa shape index (κ1) is 18.1. The third-order valence-corrected chi connectivity index (χ3v) is 4.44. The molecule has 1 amide bonds. The number of ether oxygens (including phenoxy) is 2. The first-order chi connectivity index (χ1) is 13.6. The number of pyridine rings is 1. The Hall–Kier alpha value is -3.26. The number of carbonyl (C=O) groups is 1. The maximum absolute atomic E-state index is 12.4. The lowest BCUT2D eigenvalue weighted by Gasteiger charge is -2.39. The highest BCUT2D eigenvalue weighted by atomic mass is 16.5. The van der Waals surface area contributed by atoms with Crippen LogP contribution in [0.15, 0.2) is 47.1 Å². The predicted octanol–water partition coefficient (Wildman–Crippen LogP) is 2.49. The zero-order valence-electron chi connectivity index (χ0n) is 15.7. The van der Waals surface area contributed by atoms with E-state index in [4.69, 9.17) is 14.0 Å². The van der Waals surface area contributed by atoms with E-state index < -0.39 is 0 Å². The molecule has 28 heavy (non-hydrogen) atoms. The van der Waals surface area contributed by atoms with E-state index in [0.29, 0.717) is 30.4 Å². The van der Waals surface area contributed by atoms with Gasteiger partial charge in [0.25, 0.3) is 11.8 Å². The number of rotatable bonds is 6. The molecule has 0 N–H and O–H groups in total. The lowest BCUT2D eigenvalue weighted by Crippen LogP contribution is -2.56. The van der Waals surface area contributed by atoms with Crippen LogP contribution < -0.4 is 4.74 Å². The minimum absolute atomic E-state index is 0.0216. The van der Waals surface area contributed by atoms with Gasteiger partial charge in [0.2, 0.25) is 5.82 Å². The van der Waals surface area contributed by atoms with Crippen LogP contribution in [0.5, 0.6) is 5.75 Å². The maximum atomic E-state index is 12.4. The normalized spacial score (nSPS) is 14.0. The Morgan fingerprint density at radius 1 is 1.21 bits per heavy atom. The Bertz CT molecular complexity index is 947. The van der Waals surface area contributed by atoms with Crippen LogP contribution in [0.1, 0.15) is 21.9 Å². The summed E-state index contributed by atoms with van der Waals surface area (Å²) in [5.41, 5.74) is 2.32. The minimum Gasteiger partial charge on any atom is -0.487 e. The average molecular weight is 380 g/mol. The Kier molecular flexibility index (Phi) is 5.03. The van der Waals surface area contributed by atoms with Gasteiger partial charge in [0.15, 0.2) is 0 Å². The molecule has 0 aliphatic carbocycles. The molecule has 3 aromatic rings. The average Bonchev–Trinajstić information content (AvgIpc) is 3.14. The van der Waals surface area contributed by atoms with Crippen molar-refractivity contribution in [1.29, 1.82) is 0 Å². The molecule has 8 heteroatoms. The quantitative estimate of drug-likeness (QED) is 0.649. The van der Waals surface area contributed by atoms with Crippen molar-refractivity contribution >= 4 is 5.91 Å². The van der Waals surface area contributed by atoms with E-state index in [1.807, 2.05) is 37.3 Å². The second-order valence-electron chi connectivity index (χ2n) is 6.61. The monoisotopic (exact) mass is 380 g/mol. The number of methoxy groups -OCH3 is 1. The van der Waals surface area contributed by atoms with Crippen molar-refractivity contribution in [2.75, 3.05) is 20.2 Å². The van der Waals surface area contributed by atoms with Gasteiger partial charge in [0.1, 0.15) is 18.5 Å². The molecule has 0 radical (unpaired) electrons. The molecule has 0 saturated carbocycles. The van der Waals surface area contributed by atoms with Gasteiger partial charge in [-0.2, -0.15) is 4.98 Å². The van der Waals surface area contributed by atoms with Crippen molar-refractivity contribution in [3.63, 3.8) is 0 Å². The van der Waals surface area contributed by atoms with E-state index >= 15 is 0 Å². The number of hydrogen-bond donors (Lipinski definition) is 0. The van der Waals surface area contributed by atoms with Gasteiger partial charge < -0.3 is 18.9 Å². The van der Waals surface area contributed by atoms with E-state index in [-0.39, 0.29) is 18.6 Å². The van der Waals surface area contributed by atoms with Gasteiger partial charge in [-0.25, -0.2) is 0 Å². The molecule has 144 valence electrons. The molecule has 1 aliphatic rings. The molecule has 4 rings (SSSR count). The summed E-state index contributed by atoms with van der Waals surface area (Å²) in [6, 6.07) is 11.1. The molecule has 2 aromatic heterocycles. The van der Waals surface area contributed by atoms with Crippen molar-refractivity contribution in [3.05, 3.63) is 59.7 Å². The van der Waals surface area contributed by atoms with Crippen LogP contribution in [0.25, 0.3) is 11.4 Å². The van der Waals surface area contributed by atoms with Crippen molar-refractivity contribution in [2.24, 2.45) is 0 Å². The second kappa shape index (κ2) is 7.77. The smallest absolute Gasteiger partial charge is 0.255 e. The lowest BCUT2D eigenvalue weighted by atomic mass is 10.1. The Balaban J connectivity index is 1.31. The van der Waals surface area contributed by atoms with Gasteiger partial charge in [0, 0.05) is 24.6 Å². The van der Waals surface area contributed by atoms with Gasteiger partial charge in [-0.1, -0.05) is 5.16 Å². The van der Waals surface area contributed by atoms with Crippen LogP contribution in [0, 0.1) is 6.92 Å². The van der Waals surface area contributed by atoms with Crippen molar-refractivity contribution in [2.45, 2.75) is 19.6 Å². The summed E-state index contributed by atoms with van der Waals surface area (Å²) in [5, 5.41) is 3.93. The number of hydrogen-bond acceptors (Lipinski definition) is 7. The fourth-order valence-electron chi connectivity index (χ4n) is 2.88. The highest BCUT2D eigenvalue weighted by Gasteiger charge is 2.32. The number of aryl methyl sites for hydroxylation is 1. The zero-order valence-corrected chi connectivity index (χ0v) is 15.7. The molecule has 1 saturated heterocycles. The van der Waals surface area contributed by atoms with Gasteiger partial charge in [0.05, 0.1) is 18.7 Å². The summed E-state index contributed by atoms with van der Waals surface area (Å²) in [4.78, 5) is 22.6. The topological polar surface area (TPSA) is 90.6 Å². The fourth-order valence-corrected chi connectivity index (χ4v) is 2.88. The van der Waals surface area contributed by atoms with Crippen LogP contribution in [-0.2, 0) is 11.3 Å². The standard InChI is InChI=1S/C20H20N4O4/c1-13-3-4-15(9-21-13)20(25)24-10-17(11-24)27-16-7-5-14(6-8-16)19-22-18(12-26-2)28-23-19/h3-9,17H,10-12H2,1-2H3. The van der Waals surface area contributed by atoms with Gasteiger partial charge in [-0.15, -0.1) is 0 Å². The third-order valence-electron chi connectivity index (χ3n) is 4.44. The summed E-state index contributed by atoms with van der Waals surface area (Å²) >= 11 is 0. The van der Waals surface area contributed by atoms with E-state index in [9.17, 15) is 4.79 Å². The highest BCUT2D eigenvalue weighted by Crippen LogP contribution is 2.23. The second-order valence-corrected chi connectivity index (χ2v) is 6.61. The fraction of sp³-hybridized carbons (Fsp3) is 0.300. The van der Waals surface area contributed by atoms with Crippen molar-refractivity contribution in [3.8, 4) is 17.1 Å². The maximum Gasteiger partial charge on any atom is 0.255 e. The van der Waals surface area contributed by atoms with Crippen molar-refractivity contribution < 1.29 is 18.8 Å². The van der Waals surface area contributed by atoms with E-state index in [2.05, 4.69) is 15.1 Å². The summed E-state index contributed by atoms with van der Waals surface area (Å²) < 4.78 is 16.0. The summed E-state index contributed by atoms with van der Waals surface area (Å²) in [5.74, 6) is 1.65. The van der Waals surface area contributed by atoms with Crippen LogP contribution in [-0.4, -0.2) is 52.2 Å². The van der Waals surface area contributed by atoms with E-state index in [0.717, 1.165) is 17.0 Å². The number of aromatic nitrogens is 3. The first-order valence-electron chi connectivity index (χ1n) is 8.93. The molecule has 3 heterocycles. The van der Waals surface area contributed by atoms with Crippen LogP contribution in [0.2, 0.25) is 0 Å². The molecule has 1 aliphatic heterocycles. The molecule has 0 unspecified atom stereocenters. The van der Waals surface area contributed by atoms with E-state index in [1.165, 1.54) is 0 Å². The lowest BCUT2D eigenvalue weighted by molar-refractivity contribution is 0.0177. The predicted molar refractivity (Wildman–Crippen MR) is 99.7 cm³/mol. The Morgan fingerprint density at radius 2 is 2.00 bits per heavy atom. The first-order valence-corrected chi connectivity index (χ1v) is 8.93. The number of amides is 1. The third kappa shape index (κ3) is 3.86. The number of benzene rings is 1. The molecular weight excluding hydrogens is 360 g/mol. The molecule has 0 bridgehead atoms. The zero-order chi connectivity index (χ0) is 19.5. The molecule has 0 atom stereocenters. The molecule has 1 fully saturated rings. The molecular formula is C20H20N4O4. The number of carbonyl (C=O) groups excluding carboxylic acids is 1. The Morgan fingerprint density at radius 3 is 2.68 bits per heavy atom. The number of nitrogens with zero attached hydrogens (tertiary/aromatic N) is 4. The van der Waals surface area contributed by atoms with Crippen LogP contribution >= 0.6 is 0 Å². The Labute approximate surface area is 162 Å². The van der Waals surface area contributed by atoms with Gasteiger partial charge >= 0.3 is 0 Å². The summed E-state index contributed by atoms with van der Waals surface area (Å²) in [7, 11) is 1.57. The largest absolute Gasteiger partial charge is 0.487 e. The van der Waals surface area contributed by atoms with E-state index in [1.54, 1.807) is 24.3 Å². The summed E-state index contributed by atoms with van der Waals surface area (Å²) in [6.45, 7) is 3.29. The van der Waals surface area contributed by atoms with Crippen LogP contribution in [0.3, 0.4) is 0 Å². The SMILES string of the molecule is COCc1nc(-c2ccc(OC3CN(C(=O)c4ccc(C)nc4)C3)cc2)no1. The van der Waals surface area contributed by atoms with Crippen LogP contribution in [0.4, 0.5) is 0 Å². The summed E-state index contributed by atoms with van der Waals surface area (Å²) in [6.07, 6.45) is 1.59.